The summed E-state index contributed by atoms with van der Waals surface area (Å²) in [4.78, 5) is 11.7. The predicted molar refractivity (Wildman–Crippen MR) is 92.3 cm³/mol. The zero-order chi connectivity index (χ0) is 19.1. The summed E-state index contributed by atoms with van der Waals surface area (Å²) in [5, 5.41) is 9.17. The van der Waals surface area contributed by atoms with E-state index in [1.165, 1.54) is 16.7 Å². The van der Waals surface area contributed by atoms with Crippen LogP contribution in [0.1, 0.15) is 11.1 Å². The molecule has 0 aliphatic carbocycles. The van der Waals surface area contributed by atoms with Crippen LogP contribution in [0.25, 0.3) is 16.9 Å². The van der Waals surface area contributed by atoms with Gasteiger partial charge in [-0.25, -0.2) is 22.2 Å². The van der Waals surface area contributed by atoms with Gasteiger partial charge >= 0.3 is 5.76 Å². The normalized spacial score (nSPS) is 11.3. The number of oxazole rings is 1. The van der Waals surface area contributed by atoms with Gasteiger partial charge in [-0.15, -0.1) is 0 Å². The van der Waals surface area contributed by atoms with Gasteiger partial charge in [-0.3, -0.25) is 0 Å². The van der Waals surface area contributed by atoms with E-state index < -0.39 is 26.3 Å². The topological polar surface area (TPSA) is 93.1 Å². The van der Waals surface area contributed by atoms with Crippen molar-refractivity contribution < 1.29 is 17.2 Å². The molecule has 6 nitrogen and oxygen atoms in total. The summed E-state index contributed by atoms with van der Waals surface area (Å²) >= 11 is 0. The molecule has 0 N–H and O–H groups in total. The Balaban J connectivity index is 2.20. The van der Waals surface area contributed by atoms with E-state index in [4.69, 9.17) is 4.42 Å². The maximum atomic E-state index is 14.2. The van der Waals surface area contributed by atoms with E-state index in [-0.39, 0.29) is 11.3 Å². The van der Waals surface area contributed by atoms with E-state index >= 15 is 0 Å². The quantitative estimate of drug-likeness (QED) is 0.705. The van der Waals surface area contributed by atoms with Crippen LogP contribution >= 0.6 is 0 Å². The summed E-state index contributed by atoms with van der Waals surface area (Å²) < 4.78 is 43.4. The van der Waals surface area contributed by atoms with Crippen LogP contribution in [0.3, 0.4) is 0 Å². The molecular formula is C18H13FN2O4S. The fourth-order valence-electron chi connectivity index (χ4n) is 2.58. The van der Waals surface area contributed by atoms with Crippen LogP contribution in [-0.2, 0) is 9.84 Å². The van der Waals surface area contributed by atoms with Crippen molar-refractivity contribution in [2.24, 2.45) is 0 Å². The lowest BCUT2D eigenvalue weighted by atomic mass is 10.1. The van der Waals surface area contributed by atoms with Crippen LogP contribution in [0.5, 0.6) is 0 Å². The Morgan fingerprint density at radius 1 is 1.19 bits per heavy atom. The van der Waals surface area contributed by atoms with Gasteiger partial charge in [0.05, 0.1) is 23.0 Å². The lowest BCUT2D eigenvalue weighted by Crippen LogP contribution is -2.13. The number of hydrogen-bond donors (Lipinski definition) is 0. The highest BCUT2D eigenvalue weighted by atomic mass is 32.2. The zero-order valence-electron chi connectivity index (χ0n) is 13.9. The highest BCUT2D eigenvalue weighted by molar-refractivity contribution is 7.90. The van der Waals surface area contributed by atoms with Crippen molar-refractivity contribution in [1.29, 1.82) is 5.26 Å². The number of sulfone groups is 1. The molecule has 0 unspecified atom stereocenters. The third-order valence-electron chi connectivity index (χ3n) is 3.92. The van der Waals surface area contributed by atoms with Gasteiger partial charge in [0, 0.05) is 11.8 Å². The molecule has 3 rings (SSSR count). The molecule has 0 radical (unpaired) electrons. The zero-order valence-corrected chi connectivity index (χ0v) is 14.7. The molecule has 0 saturated carbocycles. The van der Waals surface area contributed by atoms with E-state index in [0.29, 0.717) is 11.3 Å². The van der Waals surface area contributed by atoms with E-state index in [1.54, 1.807) is 19.1 Å². The van der Waals surface area contributed by atoms with Gasteiger partial charge in [0.2, 0.25) is 0 Å². The SMILES string of the molecule is Cc1ccc(-n2c(-c3ccc(S(C)(=O)=O)c(F)c3)coc2=O)cc1C#N. The average Bonchev–Trinajstić information content (AvgIpc) is 2.96. The molecule has 0 fully saturated rings. The average molecular weight is 372 g/mol. The third-order valence-corrected chi connectivity index (χ3v) is 5.05. The molecule has 0 spiro atoms. The standard InChI is InChI=1S/C18H13FN2O4S/c1-11-3-5-14(7-13(11)9-20)21-16(10-25-18(21)22)12-4-6-17(15(19)8-12)26(2,23)24/h3-8,10H,1-2H3. The molecule has 1 aromatic heterocycles. The number of hydrogen-bond acceptors (Lipinski definition) is 5. The smallest absolute Gasteiger partial charge is 0.415 e. The van der Waals surface area contributed by atoms with E-state index in [1.807, 2.05) is 6.07 Å². The van der Waals surface area contributed by atoms with Crippen LogP contribution in [0.15, 0.2) is 56.8 Å². The largest absolute Gasteiger partial charge is 0.424 e. The molecule has 26 heavy (non-hydrogen) atoms. The maximum absolute atomic E-state index is 14.2. The van der Waals surface area contributed by atoms with Crippen molar-refractivity contribution in [2.75, 3.05) is 6.26 Å². The number of nitriles is 1. The lowest BCUT2D eigenvalue weighted by Gasteiger charge is -2.09. The molecule has 0 aliphatic rings. The van der Waals surface area contributed by atoms with Crippen molar-refractivity contribution in [1.82, 2.24) is 4.57 Å². The Kier molecular flexibility index (Phi) is 4.26. The van der Waals surface area contributed by atoms with Gasteiger partial charge < -0.3 is 4.42 Å². The van der Waals surface area contributed by atoms with Crippen LogP contribution in [-0.4, -0.2) is 19.2 Å². The summed E-state index contributed by atoms with van der Waals surface area (Å²) in [5.41, 5.74) is 2.02. The Bertz CT molecular complexity index is 1220. The minimum Gasteiger partial charge on any atom is -0.415 e. The highest BCUT2D eigenvalue weighted by Crippen LogP contribution is 2.26. The Labute approximate surface area is 148 Å². The first kappa shape index (κ1) is 17.6. The second-order valence-corrected chi connectivity index (χ2v) is 7.73. The summed E-state index contributed by atoms with van der Waals surface area (Å²) in [7, 11) is -3.71. The number of benzene rings is 2. The van der Waals surface area contributed by atoms with E-state index in [2.05, 4.69) is 0 Å². The molecular weight excluding hydrogens is 359 g/mol. The second kappa shape index (κ2) is 6.28. The highest BCUT2D eigenvalue weighted by Gasteiger charge is 2.18. The van der Waals surface area contributed by atoms with Crippen molar-refractivity contribution in [2.45, 2.75) is 11.8 Å². The summed E-state index contributed by atoms with van der Waals surface area (Å²) in [6.07, 6.45) is 2.07. The first-order valence-electron chi connectivity index (χ1n) is 7.44. The number of nitrogens with zero attached hydrogens (tertiary/aromatic N) is 2. The fourth-order valence-corrected chi connectivity index (χ4v) is 3.31. The summed E-state index contributed by atoms with van der Waals surface area (Å²) in [6, 6.07) is 10.4. The monoisotopic (exact) mass is 372 g/mol. The number of aromatic nitrogens is 1. The van der Waals surface area contributed by atoms with Crippen LogP contribution < -0.4 is 5.76 Å². The van der Waals surface area contributed by atoms with E-state index in [0.717, 1.165) is 30.2 Å². The van der Waals surface area contributed by atoms with Crippen LogP contribution in [0.4, 0.5) is 4.39 Å². The Morgan fingerprint density at radius 2 is 1.92 bits per heavy atom. The minimum absolute atomic E-state index is 0.238. The molecule has 8 heteroatoms. The van der Waals surface area contributed by atoms with Gasteiger partial charge in [0.1, 0.15) is 17.0 Å². The van der Waals surface area contributed by atoms with Crippen LogP contribution in [0.2, 0.25) is 0 Å². The van der Waals surface area contributed by atoms with Gasteiger partial charge in [0.25, 0.3) is 0 Å². The Morgan fingerprint density at radius 3 is 2.54 bits per heavy atom. The molecule has 0 saturated heterocycles. The molecule has 132 valence electrons. The summed E-state index contributed by atoms with van der Waals surface area (Å²) in [5.74, 6) is -1.63. The van der Waals surface area contributed by atoms with Gasteiger partial charge in [-0.1, -0.05) is 12.1 Å². The Hall–Kier alpha value is -3.18. The second-order valence-electron chi connectivity index (χ2n) is 5.75. The first-order valence-corrected chi connectivity index (χ1v) is 9.33. The minimum atomic E-state index is -3.71. The van der Waals surface area contributed by atoms with Crippen molar-refractivity contribution in [3.8, 4) is 23.0 Å². The van der Waals surface area contributed by atoms with E-state index in [9.17, 15) is 22.9 Å². The lowest BCUT2D eigenvalue weighted by molar-refractivity contribution is 0.504. The molecule has 1 heterocycles. The molecule has 3 aromatic rings. The van der Waals surface area contributed by atoms with Gasteiger partial charge in [-0.05, 0) is 36.8 Å². The van der Waals surface area contributed by atoms with Crippen molar-refractivity contribution in [3.63, 3.8) is 0 Å². The molecule has 0 atom stereocenters. The molecule has 0 aliphatic heterocycles. The van der Waals surface area contributed by atoms with Crippen LogP contribution in [0, 0.1) is 24.1 Å². The van der Waals surface area contributed by atoms with Gasteiger partial charge in [-0.2, -0.15) is 5.26 Å². The first-order chi connectivity index (χ1) is 12.2. The number of aryl methyl sites for hydroxylation is 1. The fraction of sp³-hybridized carbons (Fsp3) is 0.111. The molecule has 0 amide bonds. The van der Waals surface area contributed by atoms with Crippen molar-refractivity contribution in [3.05, 3.63) is 70.2 Å². The predicted octanol–water partition coefficient (Wildman–Crippen LogP) is 2.82. The molecule has 0 bridgehead atoms. The third kappa shape index (κ3) is 3.05. The van der Waals surface area contributed by atoms with Gasteiger partial charge in [0.15, 0.2) is 9.84 Å². The maximum Gasteiger partial charge on any atom is 0.424 e. The molecule has 2 aromatic carbocycles. The van der Waals surface area contributed by atoms with Crippen molar-refractivity contribution >= 4 is 9.84 Å². The number of rotatable bonds is 3. The summed E-state index contributed by atoms with van der Waals surface area (Å²) in [6.45, 7) is 1.76. The number of halogens is 1.